The molecule has 2 aromatic carbocycles. The van der Waals surface area contributed by atoms with Crippen molar-refractivity contribution in [3.63, 3.8) is 0 Å². The van der Waals surface area contributed by atoms with E-state index >= 15 is 0 Å². The van der Waals surface area contributed by atoms with Gasteiger partial charge in [0.2, 0.25) is 5.91 Å². The molecule has 32 heavy (non-hydrogen) atoms. The molecule has 0 saturated carbocycles. The van der Waals surface area contributed by atoms with Crippen LogP contribution in [0.2, 0.25) is 5.02 Å². The number of carbonyl (C=O) groups excluding carboxylic acids is 2. The summed E-state index contributed by atoms with van der Waals surface area (Å²) in [6.07, 6.45) is 3.47. The molecule has 162 valence electrons. The van der Waals surface area contributed by atoms with E-state index in [-0.39, 0.29) is 34.1 Å². The maximum absolute atomic E-state index is 14.3. The van der Waals surface area contributed by atoms with E-state index in [4.69, 9.17) is 16.1 Å². The average molecular weight is 454 g/mol. The maximum atomic E-state index is 14.3. The number of rotatable bonds is 6. The molecule has 0 atom stereocenters. The lowest BCUT2D eigenvalue weighted by atomic mass is 10.0. The molecule has 2 N–H and O–H groups in total. The van der Waals surface area contributed by atoms with Gasteiger partial charge in [-0.15, -0.1) is 0 Å². The molecule has 4 aromatic rings. The second-order valence-electron chi connectivity index (χ2n) is 6.79. The van der Waals surface area contributed by atoms with Crippen LogP contribution in [0.4, 0.5) is 10.1 Å². The Labute approximate surface area is 187 Å². The van der Waals surface area contributed by atoms with Crippen LogP contribution in [-0.2, 0) is 4.79 Å². The Bertz CT molecular complexity index is 1250. The van der Waals surface area contributed by atoms with Gasteiger partial charge in [0, 0.05) is 18.1 Å². The molecular formula is C22H17ClFN5O3. The van der Waals surface area contributed by atoms with Crippen LogP contribution in [0.5, 0.6) is 0 Å². The molecular weight excluding hydrogens is 437 g/mol. The van der Waals surface area contributed by atoms with E-state index in [1.54, 1.807) is 47.4 Å². The fraction of sp³-hybridized carbons (Fsp3) is 0.0909. The maximum Gasteiger partial charge on any atom is 0.257 e. The number of hydrogen-bond acceptors (Lipinski definition) is 5. The number of amides is 2. The van der Waals surface area contributed by atoms with Crippen molar-refractivity contribution in [1.82, 2.24) is 20.3 Å². The van der Waals surface area contributed by atoms with Gasteiger partial charge in [-0.1, -0.05) is 22.8 Å². The molecule has 8 nitrogen and oxygen atoms in total. The number of nitrogens with one attached hydrogen (secondary N) is 2. The van der Waals surface area contributed by atoms with Crippen molar-refractivity contribution in [1.29, 1.82) is 0 Å². The molecule has 0 aliphatic rings. The van der Waals surface area contributed by atoms with Crippen molar-refractivity contribution >= 4 is 29.1 Å². The Kier molecular flexibility index (Phi) is 6.00. The van der Waals surface area contributed by atoms with Gasteiger partial charge in [-0.25, -0.2) is 9.07 Å². The Morgan fingerprint density at radius 1 is 1.16 bits per heavy atom. The van der Waals surface area contributed by atoms with Crippen LogP contribution in [0.15, 0.2) is 65.4 Å². The summed E-state index contributed by atoms with van der Waals surface area (Å²) < 4.78 is 21.1. The number of hydrogen-bond donors (Lipinski definition) is 2. The van der Waals surface area contributed by atoms with Gasteiger partial charge in [-0.3, -0.25) is 9.59 Å². The summed E-state index contributed by atoms with van der Waals surface area (Å²) in [7, 11) is 0. The van der Waals surface area contributed by atoms with Crippen molar-refractivity contribution in [3.05, 3.63) is 83.1 Å². The van der Waals surface area contributed by atoms with Gasteiger partial charge in [-0.05, 0) is 49.4 Å². The molecule has 0 radical (unpaired) electrons. The second-order valence-corrected chi connectivity index (χ2v) is 7.19. The second kappa shape index (κ2) is 9.03. The first kappa shape index (κ1) is 21.3. The molecule has 4 rings (SSSR count). The summed E-state index contributed by atoms with van der Waals surface area (Å²) in [5, 5.41) is 13.2. The van der Waals surface area contributed by atoms with Gasteiger partial charge in [-0.2, -0.15) is 5.10 Å². The van der Waals surface area contributed by atoms with Crippen molar-refractivity contribution < 1.29 is 18.5 Å². The standard InChI is InChI=1S/C22H17ClFN5O3/c1-13-19(21(28-32-13)20-16(23)4-2-5-17(20)24)22(31)25-12-18(30)27-14-6-8-15(9-7-14)29-11-3-10-26-29/h2-11H,12H2,1H3,(H,25,31)(H,27,30). The van der Waals surface area contributed by atoms with Gasteiger partial charge in [0.05, 0.1) is 22.8 Å². The number of halogens is 2. The molecule has 0 fully saturated rings. The van der Waals surface area contributed by atoms with Gasteiger partial charge in [0.15, 0.2) is 0 Å². The number of nitrogens with zero attached hydrogens (tertiary/aromatic N) is 3. The highest BCUT2D eigenvalue weighted by atomic mass is 35.5. The van der Waals surface area contributed by atoms with Crippen LogP contribution >= 0.6 is 11.6 Å². The summed E-state index contributed by atoms with van der Waals surface area (Å²) in [5.74, 6) is -1.55. The fourth-order valence-electron chi connectivity index (χ4n) is 3.11. The molecule has 2 amide bonds. The fourth-order valence-corrected chi connectivity index (χ4v) is 3.36. The molecule has 0 spiro atoms. The predicted molar refractivity (Wildman–Crippen MR) is 116 cm³/mol. The van der Waals surface area contributed by atoms with Crippen molar-refractivity contribution in [2.75, 3.05) is 11.9 Å². The number of aromatic nitrogens is 3. The number of carbonyl (C=O) groups is 2. The Hall–Kier alpha value is -3.98. The molecule has 0 bridgehead atoms. The van der Waals surface area contributed by atoms with E-state index in [1.807, 2.05) is 0 Å². The lowest BCUT2D eigenvalue weighted by molar-refractivity contribution is -0.115. The smallest absolute Gasteiger partial charge is 0.257 e. The van der Waals surface area contributed by atoms with Crippen LogP contribution in [0.25, 0.3) is 16.9 Å². The highest BCUT2D eigenvalue weighted by Gasteiger charge is 2.25. The molecule has 2 heterocycles. The van der Waals surface area contributed by atoms with E-state index in [0.29, 0.717) is 5.69 Å². The lowest BCUT2D eigenvalue weighted by Crippen LogP contribution is -2.33. The number of anilines is 1. The molecule has 10 heteroatoms. The van der Waals surface area contributed by atoms with Crippen molar-refractivity contribution in [2.24, 2.45) is 0 Å². The van der Waals surface area contributed by atoms with Gasteiger partial charge in [0.1, 0.15) is 22.8 Å². The number of benzene rings is 2. The third kappa shape index (κ3) is 4.37. The molecule has 0 aliphatic heterocycles. The van der Waals surface area contributed by atoms with Crippen LogP contribution in [0, 0.1) is 12.7 Å². The van der Waals surface area contributed by atoms with E-state index in [0.717, 1.165) is 5.69 Å². The van der Waals surface area contributed by atoms with Gasteiger partial charge in [0.25, 0.3) is 5.91 Å². The first-order chi connectivity index (χ1) is 15.4. The minimum absolute atomic E-state index is 0.00776. The van der Waals surface area contributed by atoms with Crippen LogP contribution in [0.3, 0.4) is 0 Å². The zero-order valence-corrected chi connectivity index (χ0v) is 17.6. The molecule has 2 aromatic heterocycles. The van der Waals surface area contributed by atoms with E-state index in [9.17, 15) is 14.0 Å². The number of aryl methyl sites for hydroxylation is 1. The zero-order valence-electron chi connectivity index (χ0n) is 16.8. The molecule has 0 unspecified atom stereocenters. The molecule has 0 aliphatic carbocycles. The quantitative estimate of drug-likeness (QED) is 0.459. The van der Waals surface area contributed by atoms with Crippen LogP contribution in [-0.4, -0.2) is 33.3 Å². The SMILES string of the molecule is Cc1onc(-c2c(F)cccc2Cl)c1C(=O)NCC(=O)Nc1ccc(-n2cccn2)cc1. The van der Waals surface area contributed by atoms with Crippen LogP contribution < -0.4 is 10.6 Å². The van der Waals surface area contributed by atoms with Crippen molar-refractivity contribution in [2.45, 2.75) is 6.92 Å². The first-order valence-electron chi connectivity index (χ1n) is 9.53. The van der Waals surface area contributed by atoms with E-state index in [2.05, 4.69) is 20.9 Å². The third-order valence-corrected chi connectivity index (χ3v) is 4.93. The summed E-state index contributed by atoms with van der Waals surface area (Å²) in [6, 6.07) is 13.0. The monoisotopic (exact) mass is 453 g/mol. The first-order valence-corrected chi connectivity index (χ1v) is 9.90. The topological polar surface area (TPSA) is 102 Å². The van der Waals surface area contributed by atoms with Gasteiger partial charge < -0.3 is 15.2 Å². The normalized spacial score (nSPS) is 10.7. The predicted octanol–water partition coefficient (Wildman–Crippen LogP) is 4.00. The largest absolute Gasteiger partial charge is 0.360 e. The van der Waals surface area contributed by atoms with Crippen LogP contribution in [0.1, 0.15) is 16.1 Å². The highest BCUT2D eigenvalue weighted by molar-refractivity contribution is 6.33. The van der Waals surface area contributed by atoms with E-state index in [1.165, 1.54) is 25.1 Å². The minimum atomic E-state index is -0.642. The third-order valence-electron chi connectivity index (χ3n) is 4.62. The summed E-state index contributed by atoms with van der Waals surface area (Å²) in [5.41, 5.74) is 1.33. The van der Waals surface area contributed by atoms with E-state index < -0.39 is 17.6 Å². The summed E-state index contributed by atoms with van der Waals surface area (Å²) in [6.45, 7) is 1.20. The average Bonchev–Trinajstić information content (AvgIpc) is 3.43. The lowest BCUT2D eigenvalue weighted by Gasteiger charge is -2.09. The highest BCUT2D eigenvalue weighted by Crippen LogP contribution is 2.33. The van der Waals surface area contributed by atoms with Gasteiger partial charge >= 0.3 is 0 Å². The Balaban J connectivity index is 1.42. The zero-order chi connectivity index (χ0) is 22.7. The minimum Gasteiger partial charge on any atom is -0.360 e. The summed E-state index contributed by atoms with van der Waals surface area (Å²) in [4.78, 5) is 25.0. The molecule has 0 saturated heterocycles. The Morgan fingerprint density at radius 3 is 2.62 bits per heavy atom. The Morgan fingerprint density at radius 2 is 1.94 bits per heavy atom. The van der Waals surface area contributed by atoms with Crippen molar-refractivity contribution in [3.8, 4) is 16.9 Å². The summed E-state index contributed by atoms with van der Waals surface area (Å²) >= 11 is 6.09.